The molecule has 0 atom stereocenters. The number of halogens is 1. The van der Waals surface area contributed by atoms with Gasteiger partial charge in [-0.05, 0) is 42.8 Å². The Balaban J connectivity index is 1.51. The van der Waals surface area contributed by atoms with E-state index in [4.69, 9.17) is 4.42 Å². The first-order valence-corrected chi connectivity index (χ1v) is 6.74. The van der Waals surface area contributed by atoms with E-state index in [1.165, 1.54) is 12.1 Å². The lowest BCUT2D eigenvalue weighted by atomic mass is 10.1. The molecule has 0 saturated carbocycles. The maximum Gasteiger partial charge on any atom is 0.134 e. The average Bonchev–Trinajstić information content (AvgIpc) is 2.88. The third kappa shape index (κ3) is 3.06. The van der Waals surface area contributed by atoms with Crippen LogP contribution in [0.2, 0.25) is 0 Å². The molecule has 0 aliphatic rings. The van der Waals surface area contributed by atoms with Gasteiger partial charge in [0.2, 0.25) is 0 Å². The van der Waals surface area contributed by atoms with Crippen LogP contribution < -0.4 is 5.32 Å². The number of rotatable bonds is 5. The SMILES string of the molecule is Fc1ccc(CCNCc2cc3ccccc3o2)cc1. The van der Waals surface area contributed by atoms with E-state index in [-0.39, 0.29) is 5.82 Å². The molecule has 0 unspecified atom stereocenters. The Hall–Kier alpha value is -2.13. The molecular weight excluding hydrogens is 253 g/mol. The number of hydrogen-bond acceptors (Lipinski definition) is 2. The van der Waals surface area contributed by atoms with Gasteiger partial charge < -0.3 is 9.73 Å². The van der Waals surface area contributed by atoms with E-state index in [2.05, 4.69) is 11.4 Å². The lowest BCUT2D eigenvalue weighted by Gasteiger charge is -2.03. The molecule has 2 nitrogen and oxygen atoms in total. The second kappa shape index (κ2) is 5.88. The van der Waals surface area contributed by atoms with Gasteiger partial charge in [-0.25, -0.2) is 4.39 Å². The van der Waals surface area contributed by atoms with Gasteiger partial charge in [-0.2, -0.15) is 0 Å². The summed E-state index contributed by atoms with van der Waals surface area (Å²) in [6.07, 6.45) is 0.876. The quantitative estimate of drug-likeness (QED) is 0.710. The summed E-state index contributed by atoms with van der Waals surface area (Å²) in [5.74, 6) is 0.745. The van der Waals surface area contributed by atoms with Crippen LogP contribution in [0.1, 0.15) is 11.3 Å². The predicted octanol–water partition coefficient (Wildman–Crippen LogP) is 3.90. The molecule has 3 aromatic rings. The molecule has 0 bridgehead atoms. The van der Waals surface area contributed by atoms with E-state index in [1.54, 1.807) is 0 Å². The Morgan fingerprint density at radius 2 is 1.80 bits per heavy atom. The summed E-state index contributed by atoms with van der Waals surface area (Å²) < 4.78 is 18.5. The molecule has 0 fully saturated rings. The first kappa shape index (κ1) is 12.9. The Morgan fingerprint density at radius 1 is 1.00 bits per heavy atom. The summed E-state index contributed by atoms with van der Waals surface area (Å²) in [4.78, 5) is 0. The van der Waals surface area contributed by atoms with Crippen LogP contribution in [0, 0.1) is 5.82 Å². The van der Waals surface area contributed by atoms with Crippen LogP contribution in [-0.4, -0.2) is 6.54 Å². The molecule has 0 radical (unpaired) electrons. The molecule has 0 aliphatic carbocycles. The highest BCUT2D eigenvalue weighted by atomic mass is 19.1. The first-order valence-electron chi connectivity index (χ1n) is 6.74. The highest BCUT2D eigenvalue weighted by molar-refractivity contribution is 5.77. The molecule has 0 spiro atoms. The summed E-state index contributed by atoms with van der Waals surface area (Å²) in [6.45, 7) is 1.54. The summed E-state index contributed by atoms with van der Waals surface area (Å²) >= 11 is 0. The minimum atomic E-state index is -0.191. The number of fused-ring (bicyclic) bond motifs is 1. The second-order valence-corrected chi connectivity index (χ2v) is 4.80. The minimum Gasteiger partial charge on any atom is -0.460 e. The summed E-state index contributed by atoms with van der Waals surface area (Å²) in [5.41, 5.74) is 2.05. The lowest BCUT2D eigenvalue weighted by Crippen LogP contribution is -2.16. The van der Waals surface area contributed by atoms with Crippen molar-refractivity contribution in [3.63, 3.8) is 0 Å². The number of benzene rings is 2. The van der Waals surface area contributed by atoms with Crippen molar-refractivity contribution in [2.24, 2.45) is 0 Å². The van der Waals surface area contributed by atoms with Gasteiger partial charge in [0.05, 0.1) is 6.54 Å². The van der Waals surface area contributed by atoms with Crippen LogP contribution >= 0.6 is 0 Å². The largest absolute Gasteiger partial charge is 0.460 e. The third-order valence-corrected chi connectivity index (χ3v) is 3.28. The van der Waals surface area contributed by atoms with Gasteiger partial charge in [-0.15, -0.1) is 0 Å². The van der Waals surface area contributed by atoms with Crippen molar-refractivity contribution in [3.8, 4) is 0 Å². The van der Waals surface area contributed by atoms with Crippen LogP contribution in [0.4, 0.5) is 4.39 Å². The van der Waals surface area contributed by atoms with Gasteiger partial charge in [-0.3, -0.25) is 0 Å². The van der Waals surface area contributed by atoms with Crippen molar-refractivity contribution in [2.45, 2.75) is 13.0 Å². The van der Waals surface area contributed by atoms with E-state index in [0.29, 0.717) is 6.54 Å². The number of hydrogen-bond donors (Lipinski definition) is 1. The number of furan rings is 1. The van der Waals surface area contributed by atoms with Crippen molar-refractivity contribution in [3.05, 3.63) is 71.7 Å². The van der Waals surface area contributed by atoms with Gasteiger partial charge in [0, 0.05) is 5.39 Å². The molecule has 3 rings (SSSR count). The van der Waals surface area contributed by atoms with E-state index >= 15 is 0 Å². The fraction of sp³-hybridized carbons (Fsp3) is 0.176. The van der Waals surface area contributed by atoms with E-state index in [0.717, 1.165) is 35.3 Å². The monoisotopic (exact) mass is 269 g/mol. The number of nitrogens with one attached hydrogen (secondary N) is 1. The van der Waals surface area contributed by atoms with Crippen molar-refractivity contribution < 1.29 is 8.81 Å². The predicted molar refractivity (Wildman–Crippen MR) is 78.0 cm³/mol. The van der Waals surface area contributed by atoms with E-state index in [9.17, 15) is 4.39 Å². The highest BCUT2D eigenvalue weighted by Crippen LogP contribution is 2.18. The molecule has 0 aliphatic heterocycles. The molecule has 3 heteroatoms. The topological polar surface area (TPSA) is 25.2 Å². The van der Waals surface area contributed by atoms with Crippen LogP contribution in [0.15, 0.2) is 59.0 Å². The molecule has 0 saturated heterocycles. The maximum atomic E-state index is 12.8. The van der Waals surface area contributed by atoms with Crippen LogP contribution in [0.3, 0.4) is 0 Å². The minimum absolute atomic E-state index is 0.191. The first-order chi connectivity index (χ1) is 9.81. The van der Waals surface area contributed by atoms with Gasteiger partial charge >= 0.3 is 0 Å². The molecule has 2 aromatic carbocycles. The lowest BCUT2D eigenvalue weighted by molar-refractivity contribution is 0.515. The Kier molecular flexibility index (Phi) is 3.79. The van der Waals surface area contributed by atoms with Crippen LogP contribution in [0.5, 0.6) is 0 Å². The normalized spacial score (nSPS) is 11.1. The standard InChI is InChI=1S/C17H16FNO/c18-15-7-5-13(6-8-15)9-10-19-12-16-11-14-3-1-2-4-17(14)20-16/h1-8,11,19H,9-10,12H2. The van der Waals surface area contributed by atoms with Gasteiger partial charge in [0.15, 0.2) is 0 Å². The average molecular weight is 269 g/mol. The summed E-state index contributed by atoms with van der Waals surface area (Å²) in [6, 6.07) is 16.7. The zero-order chi connectivity index (χ0) is 13.8. The smallest absolute Gasteiger partial charge is 0.134 e. The van der Waals surface area contributed by atoms with Crippen molar-refractivity contribution in [1.29, 1.82) is 0 Å². The van der Waals surface area contributed by atoms with Gasteiger partial charge in [0.25, 0.3) is 0 Å². The highest BCUT2D eigenvalue weighted by Gasteiger charge is 2.02. The zero-order valence-electron chi connectivity index (χ0n) is 11.1. The fourth-order valence-electron chi connectivity index (χ4n) is 2.22. The summed E-state index contributed by atoms with van der Waals surface area (Å²) in [7, 11) is 0. The molecule has 1 heterocycles. The Labute approximate surface area is 117 Å². The number of para-hydroxylation sites is 1. The molecule has 1 N–H and O–H groups in total. The van der Waals surface area contributed by atoms with E-state index in [1.807, 2.05) is 36.4 Å². The van der Waals surface area contributed by atoms with Crippen LogP contribution in [0.25, 0.3) is 11.0 Å². The molecule has 1 aromatic heterocycles. The maximum absolute atomic E-state index is 12.8. The fourth-order valence-corrected chi connectivity index (χ4v) is 2.22. The van der Waals surface area contributed by atoms with Gasteiger partial charge in [0.1, 0.15) is 17.2 Å². The molecule has 20 heavy (non-hydrogen) atoms. The Bertz CT molecular complexity index is 655. The third-order valence-electron chi connectivity index (χ3n) is 3.28. The molecule has 102 valence electrons. The van der Waals surface area contributed by atoms with E-state index < -0.39 is 0 Å². The van der Waals surface area contributed by atoms with Crippen molar-refractivity contribution in [1.82, 2.24) is 5.32 Å². The van der Waals surface area contributed by atoms with Crippen LogP contribution in [-0.2, 0) is 13.0 Å². The second-order valence-electron chi connectivity index (χ2n) is 4.80. The molecular formula is C17H16FNO. The van der Waals surface area contributed by atoms with Crippen molar-refractivity contribution in [2.75, 3.05) is 6.54 Å². The van der Waals surface area contributed by atoms with Crippen molar-refractivity contribution >= 4 is 11.0 Å². The zero-order valence-corrected chi connectivity index (χ0v) is 11.1. The van der Waals surface area contributed by atoms with Gasteiger partial charge in [-0.1, -0.05) is 30.3 Å². The Morgan fingerprint density at radius 3 is 2.60 bits per heavy atom. The summed E-state index contributed by atoms with van der Waals surface area (Å²) in [5, 5.41) is 4.47. The molecule has 0 amide bonds.